The summed E-state index contributed by atoms with van der Waals surface area (Å²) in [5.74, 6) is 0.478. The molecule has 0 aliphatic rings. The molecule has 4 aromatic rings. The fourth-order valence-corrected chi connectivity index (χ4v) is 3.61. The van der Waals surface area contributed by atoms with E-state index in [4.69, 9.17) is 11.6 Å². The van der Waals surface area contributed by atoms with Gasteiger partial charge in [-0.3, -0.25) is 9.59 Å². The molecule has 1 aromatic heterocycles. The van der Waals surface area contributed by atoms with Gasteiger partial charge in [-0.2, -0.15) is 0 Å². The summed E-state index contributed by atoms with van der Waals surface area (Å²) in [5, 5.41) is 6.45. The van der Waals surface area contributed by atoms with Crippen LogP contribution in [0.1, 0.15) is 21.7 Å². The molecule has 0 unspecified atom stereocenters. The van der Waals surface area contributed by atoms with Gasteiger partial charge in [0, 0.05) is 30.1 Å². The second-order valence-electron chi connectivity index (χ2n) is 7.38. The Morgan fingerprint density at radius 3 is 2.38 bits per heavy atom. The third-order valence-corrected chi connectivity index (χ3v) is 5.36. The van der Waals surface area contributed by atoms with Gasteiger partial charge in [0.05, 0.1) is 11.0 Å². The Bertz CT molecular complexity index is 1220. The van der Waals surface area contributed by atoms with Crippen molar-refractivity contribution in [1.82, 2.24) is 20.2 Å². The maximum absolute atomic E-state index is 12.6. The lowest BCUT2D eigenvalue weighted by Gasteiger charge is -2.11. The summed E-state index contributed by atoms with van der Waals surface area (Å²) in [6.07, 6.45) is 0.500. The van der Waals surface area contributed by atoms with E-state index in [1.54, 1.807) is 24.3 Å². The molecule has 0 saturated carbocycles. The van der Waals surface area contributed by atoms with Crippen LogP contribution in [0.2, 0.25) is 5.02 Å². The Morgan fingerprint density at radius 2 is 1.59 bits per heavy atom. The van der Waals surface area contributed by atoms with Gasteiger partial charge in [0.2, 0.25) is 5.91 Å². The fourth-order valence-electron chi connectivity index (χ4n) is 3.48. The molecule has 32 heavy (non-hydrogen) atoms. The van der Waals surface area contributed by atoms with Gasteiger partial charge in [0.25, 0.3) is 5.91 Å². The number of fused-ring (bicyclic) bond motifs is 1. The molecule has 0 fully saturated rings. The summed E-state index contributed by atoms with van der Waals surface area (Å²) in [6, 6.07) is 24.2. The van der Waals surface area contributed by atoms with Crippen LogP contribution in [0, 0.1) is 0 Å². The Morgan fingerprint density at radius 1 is 0.875 bits per heavy atom. The first kappa shape index (κ1) is 21.6. The molecular weight excluding hydrogens is 424 g/mol. The molecule has 0 spiro atoms. The number of carbonyl (C=O) groups is 2. The number of imidazole rings is 1. The summed E-state index contributed by atoms with van der Waals surface area (Å²) in [5.41, 5.74) is 3.30. The zero-order chi connectivity index (χ0) is 22.3. The van der Waals surface area contributed by atoms with Crippen molar-refractivity contribution in [2.75, 3.05) is 6.54 Å². The second-order valence-corrected chi connectivity index (χ2v) is 7.81. The lowest BCUT2D eigenvalue weighted by Crippen LogP contribution is -2.29. The van der Waals surface area contributed by atoms with Crippen molar-refractivity contribution in [3.63, 3.8) is 0 Å². The summed E-state index contributed by atoms with van der Waals surface area (Å²) < 4.78 is 1.91. The molecule has 0 atom stereocenters. The normalized spacial score (nSPS) is 10.8. The molecule has 2 N–H and O–H groups in total. The van der Waals surface area contributed by atoms with Crippen LogP contribution in [0.15, 0.2) is 78.9 Å². The Kier molecular flexibility index (Phi) is 6.82. The van der Waals surface area contributed by atoms with E-state index in [9.17, 15) is 9.59 Å². The highest BCUT2D eigenvalue weighted by Crippen LogP contribution is 2.16. The Balaban J connectivity index is 1.42. The average Bonchev–Trinajstić information content (AvgIpc) is 3.16. The van der Waals surface area contributed by atoms with Crippen LogP contribution < -0.4 is 10.6 Å². The minimum atomic E-state index is -0.176. The highest BCUT2D eigenvalue weighted by molar-refractivity contribution is 6.30. The van der Waals surface area contributed by atoms with Gasteiger partial charge in [-0.25, -0.2) is 4.98 Å². The highest BCUT2D eigenvalue weighted by Gasteiger charge is 2.14. The predicted octanol–water partition coefficient (Wildman–Crippen LogP) is 3.98. The molecule has 0 radical (unpaired) electrons. The van der Waals surface area contributed by atoms with E-state index >= 15 is 0 Å². The largest absolute Gasteiger partial charge is 0.352 e. The van der Waals surface area contributed by atoms with Crippen LogP contribution in [-0.2, 0) is 24.3 Å². The topological polar surface area (TPSA) is 76.0 Å². The summed E-state index contributed by atoms with van der Waals surface area (Å²) >= 11 is 5.88. The monoisotopic (exact) mass is 446 g/mol. The van der Waals surface area contributed by atoms with Crippen LogP contribution in [-0.4, -0.2) is 27.9 Å². The van der Waals surface area contributed by atoms with Crippen LogP contribution in [0.3, 0.4) is 0 Å². The Labute approximate surface area is 191 Å². The van der Waals surface area contributed by atoms with Crippen LogP contribution in [0.4, 0.5) is 0 Å². The Hall–Kier alpha value is -3.64. The number of amides is 2. The van der Waals surface area contributed by atoms with Gasteiger partial charge in [0.15, 0.2) is 0 Å². The molecule has 0 aliphatic carbocycles. The molecule has 4 rings (SSSR count). The van der Waals surface area contributed by atoms with E-state index in [1.165, 1.54) is 0 Å². The number of benzene rings is 3. The third kappa shape index (κ3) is 5.34. The number of para-hydroxylation sites is 2. The van der Waals surface area contributed by atoms with Crippen molar-refractivity contribution < 1.29 is 9.59 Å². The summed E-state index contributed by atoms with van der Waals surface area (Å²) in [6.45, 7) is 1.03. The molecule has 1 heterocycles. The van der Waals surface area contributed by atoms with E-state index in [0.717, 1.165) is 22.4 Å². The quantitative estimate of drug-likeness (QED) is 0.430. The van der Waals surface area contributed by atoms with Crippen molar-refractivity contribution in [2.24, 2.45) is 0 Å². The lowest BCUT2D eigenvalue weighted by atomic mass is 10.2. The van der Waals surface area contributed by atoms with Gasteiger partial charge >= 0.3 is 0 Å². The van der Waals surface area contributed by atoms with E-state index in [1.807, 2.05) is 59.2 Å². The standard InChI is InChI=1S/C25H23ClN4O2/c26-20-12-10-19(11-13-20)25(32)27-15-14-23-29-21-8-4-5-9-22(21)30(23)17-24(31)28-16-18-6-2-1-3-7-18/h1-13H,14-17H2,(H,27,32)(H,28,31). The van der Waals surface area contributed by atoms with E-state index in [-0.39, 0.29) is 18.4 Å². The number of hydrogen-bond acceptors (Lipinski definition) is 3. The van der Waals surface area contributed by atoms with Gasteiger partial charge in [0.1, 0.15) is 12.4 Å². The first-order valence-corrected chi connectivity index (χ1v) is 10.8. The lowest BCUT2D eigenvalue weighted by molar-refractivity contribution is -0.121. The number of aromatic nitrogens is 2. The predicted molar refractivity (Wildman–Crippen MR) is 126 cm³/mol. The van der Waals surface area contributed by atoms with Crippen LogP contribution in [0.5, 0.6) is 0 Å². The zero-order valence-corrected chi connectivity index (χ0v) is 18.2. The summed E-state index contributed by atoms with van der Waals surface area (Å²) in [4.78, 5) is 29.7. The first-order chi connectivity index (χ1) is 15.6. The van der Waals surface area contributed by atoms with Crippen molar-refractivity contribution in [2.45, 2.75) is 19.5 Å². The number of nitrogens with zero attached hydrogens (tertiary/aromatic N) is 2. The van der Waals surface area contributed by atoms with Crippen LogP contribution in [0.25, 0.3) is 11.0 Å². The number of nitrogens with one attached hydrogen (secondary N) is 2. The SMILES string of the molecule is O=C(Cn1c(CCNC(=O)c2ccc(Cl)cc2)nc2ccccc21)NCc1ccccc1. The van der Waals surface area contributed by atoms with Crippen molar-refractivity contribution >= 4 is 34.4 Å². The number of rotatable bonds is 8. The van der Waals surface area contributed by atoms with E-state index in [0.29, 0.717) is 30.1 Å². The summed E-state index contributed by atoms with van der Waals surface area (Å²) in [7, 11) is 0. The van der Waals surface area contributed by atoms with Crippen molar-refractivity contribution in [3.8, 4) is 0 Å². The van der Waals surface area contributed by atoms with Crippen molar-refractivity contribution in [3.05, 3.63) is 101 Å². The van der Waals surface area contributed by atoms with Crippen LogP contribution >= 0.6 is 11.6 Å². The third-order valence-electron chi connectivity index (χ3n) is 5.11. The molecule has 0 saturated heterocycles. The minimum absolute atomic E-state index is 0.0940. The number of hydrogen-bond donors (Lipinski definition) is 2. The van der Waals surface area contributed by atoms with Gasteiger partial charge in [-0.1, -0.05) is 54.1 Å². The zero-order valence-electron chi connectivity index (χ0n) is 17.4. The maximum atomic E-state index is 12.6. The molecule has 7 heteroatoms. The number of halogens is 1. The minimum Gasteiger partial charge on any atom is -0.352 e. The van der Waals surface area contributed by atoms with Crippen molar-refractivity contribution in [1.29, 1.82) is 0 Å². The first-order valence-electron chi connectivity index (χ1n) is 10.4. The molecule has 2 amide bonds. The molecule has 3 aromatic carbocycles. The molecule has 6 nitrogen and oxygen atoms in total. The second kappa shape index (κ2) is 10.1. The molecular formula is C25H23ClN4O2. The van der Waals surface area contributed by atoms with Gasteiger partial charge < -0.3 is 15.2 Å². The smallest absolute Gasteiger partial charge is 0.251 e. The average molecular weight is 447 g/mol. The highest BCUT2D eigenvalue weighted by atomic mass is 35.5. The van der Waals surface area contributed by atoms with E-state index in [2.05, 4.69) is 15.6 Å². The maximum Gasteiger partial charge on any atom is 0.251 e. The van der Waals surface area contributed by atoms with Gasteiger partial charge in [-0.05, 0) is 42.0 Å². The molecule has 162 valence electrons. The van der Waals surface area contributed by atoms with E-state index < -0.39 is 0 Å². The number of carbonyl (C=O) groups excluding carboxylic acids is 2. The molecule has 0 aliphatic heterocycles. The molecule has 0 bridgehead atoms. The van der Waals surface area contributed by atoms with Gasteiger partial charge in [-0.15, -0.1) is 0 Å². The fraction of sp³-hybridized carbons (Fsp3) is 0.160.